The van der Waals surface area contributed by atoms with Crippen molar-refractivity contribution in [1.29, 1.82) is 0 Å². The van der Waals surface area contributed by atoms with Crippen LogP contribution in [-0.4, -0.2) is 43.7 Å². The van der Waals surface area contributed by atoms with Crippen LogP contribution >= 0.6 is 0 Å². The normalized spacial score (nSPS) is 16.5. The Bertz CT molecular complexity index is 743. The Balaban J connectivity index is 1.68. The molecule has 0 spiro atoms. The highest BCUT2D eigenvalue weighted by atomic mass is 19.1. The van der Waals surface area contributed by atoms with Crippen LogP contribution < -0.4 is 5.32 Å². The highest BCUT2D eigenvalue weighted by molar-refractivity contribution is 5.92. The van der Waals surface area contributed by atoms with Crippen molar-refractivity contribution in [2.24, 2.45) is 0 Å². The molecule has 5 heteroatoms. The smallest absolute Gasteiger partial charge is 0.244 e. The molecule has 0 bridgehead atoms. The average molecular weight is 354 g/mol. The fourth-order valence-electron chi connectivity index (χ4n) is 2.96. The molecule has 1 heterocycles. The summed E-state index contributed by atoms with van der Waals surface area (Å²) in [5.74, 6) is -0.583. The first-order valence-electron chi connectivity index (χ1n) is 8.80. The molecule has 3 rings (SSSR count). The van der Waals surface area contributed by atoms with Gasteiger partial charge in [-0.25, -0.2) is 4.39 Å². The molecule has 1 aliphatic rings. The van der Waals surface area contributed by atoms with Crippen LogP contribution in [0.4, 0.5) is 4.39 Å². The number of hydrogen-bond acceptors (Lipinski definition) is 3. The molecular weight excluding hydrogens is 331 g/mol. The Morgan fingerprint density at radius 3 is 2.54 bits per heavy atom. The van der Waals surface area contributed by atoms with Crippen LogP contribution in [0.2, 0.25) is 0 Å². The maximum Gasteiger partial charge on any atom is 0.244 e. The lowest BCUT2D eigenvalue weighted by Gasteiger charge is -2.31. The number of nitrogens with one attached hydrogen (secondary N) is 1. The van der Waals surface area contributed by atoms with Gasteiger partial charge in [0.15, 0.2) is 0 Å². The third-order valence-corrected chi connectivity index (χ3v) is 4.38. The molecule has 1 fully saturated rings. The van der Waals surface area contributed by atoms with E-state index in [0.29, 0.717) is 25.3 Å². The SMILES string of the molecule is O=C(/C=C/c1ccccc1F)NC(CN1CCOCC1)c1ccccc1. The molecule has 1 saturated heterocycles. The Kier molecular flexibility index (Phi) is 6.52. The monoisotopic (exact) mass is 354 g/mol. The maximum absolute atomic E-state index is 13.7. The second-order valence-corrected chi connectivity index (χ2v) is 6.24. The third-order valence-electron chi connectivity index (χ3n) is 4.38. The van der Waals surface area contributed by atoms with E-state index in [0.717, 1.165) is 18.7 Å². The van der Waals surface area contributed by atoms with Crippen LogP contribution in [0.3, 0.4) is 0 Å². The number of halogens is 1. The molecule has 0 aromatic heterocycles. The number of morpholine rings is 1. The summed E-state index contributed by atoms with van der Waals surface area (Å²) in [5, 5.41) is 3.04. The Morgan fingerprint density at radius 2 is 1.81 bits per heavy atom. The van der Waals surface area contributed by atoms with Crippen LogP contribution in [0.25, 0.3) is 6.08 Å². The van der Waals surface area contributed by atoms with Gasteiger partial charge in [-0.3, -0.25) is 9.69 Å². The van der Waals surface area contributed by atoms with Gasteiger partial charge < -0.3 is 10.1 Å². The lowest BCUT2D eigenvalue weighted by Crippen LogP contribution is -2.42. The molecular formula is C21H23FN2O2. The molecule has 2 aromatic carbocycles. The first-order valence-corrected chi connectivity index (χ1v) is 8.80. The molecule has 136 valence electrons. The Morgan fingerprint density at radius 1 is 1.12 bits per heavy atom. The highest BCUT2D eigenvalue weighted by Crippen LogP contribution is 2.15. The number of carbonyl (C=O) groups is 1. The number of rotatable bonds is 6. The number of hydrogen-bond donors (Lipinski definition) is 1. The largest absolute Gasteiger partial charge is 0.379 e. The predicted octanol–water partition coefficient (Wildman–Crippen LogP) is 3.03. The summed E-state index contributed by atoms with van der Waals surface area (Å²) in [6.07, 6.45) is 2.88. The summed E-state index contributed by atoms with van der Waals surface area (Å²) in [7, 11) is 0. The van der Waals surface area contributed by atoms with Crippen molar-refractivity contribution in [3.8, 4) is 0 Å². The molecule has 1 atom stereocenters. The lowest BCUT2D eigenvalue weighted by molar-refractivity contribution is -0.117. The zero-order valence-corrected chi connectivity index (χ0v) is 14.6. The van der Waals surface area contributed by atoms with Gasteiger partial charge in [0.25, 0.3) is 0 Å². The summed E-state index contributed by atoms with van der Waals surface area (Å²) in [6.45, 7) is 3.84. The van der Waals surface area contributed by atoms with Crippen molar-refractivity contribution in [2.45, 2.75) is 6.04 Å². The van der Waals surface area contributed by atoms with Crippen LogP contribution in [0.5, 0.6) is 0 Å². The van der Waals surface area contributed by atoms with Gasteiger partial charge in [0.1, 0.15) is 5.82 Å². The molecule has 2 aromatic rings. The van der Waals surface area contributed by atoms with Crippen molar-refractivity contribution in [2.75, 3.05) is 32.8 Å². The van der Waals surface area contributed by atoms with Crippen molar-refractivity contribution in [3.05, 3.63) is 77.6 Å². The minimum absolute atomic E-state index is 0.132. The third kappa shape index (κ3) is 5.25. The van der Waals surface area contributed by atoms with Crippen molar-refractivity contribution in [1.82, 2.24) is 10.2 Å². The van der Waals surface area contributed by atoms with Gasteiger partial charge in [0, 0.05) is 31.3 Å². The summed E-state index contributed by atoms with van der Waals surface area (Å²) >= 11 is 0. The topological polar surface area (TPSA) is 41.6 Å². The highest BCUT2D eigenvalue weighted by Gasteiger charge is 2.19. The first-order chi connectivity index (χ1) is 12.7. The van der Waals surface area contributed by atoms with E-state index in [1.165, 1.54) is 18.2 Å². The number of nitrogens with zero attached hydrogens (tertiary/aromatic N) is 1. The summed E-state index contributed by atoms with van der Waals surface area (Å²) in [4.78, 5) is 14.7. The van der Waals surface area contributed by atoms with Gasteiger partial charge in [-0.1, -0.05) is 48.5 Å². The fourth-order valence-corrected chi connectivity index (χ4v) is 2.96. The van der Waals surface area contributed by atoms with E-state index < -0.39 is 0 Å². The molecule has 1 amide bonds. The van der Waals surface area contributed by atoms with Crippen molar-refractivity contribution in [3.63, 3.8) is 0 Å². The molecule has 0 saturated carbocycles. The van der Waals surface area contributed by atoms with Gasteiger partial charge in [-0.15, -0.1) is 0 Å². The van der Waals surface area contributed by atoms with Gasteiger partial charge in [0.2, 0.25) is 5.91 Å². The zero-order valence-electron chi connectivity index (χ0n) is 14.6. The van der Waals surface area contributed by atoms with Crippen LogP contribution in [0, 0.1) is 5.82 Å². The minimum Gasteiger partial charge on any atom is -0.379 e. The van der Waals surface area contributed by atoms with E-state index in [1.54, 1.807) is 18.2 Å². The summed E-state index contributed by atoms with van der Waals surface area (Å²) in [5.41, 5.74) is 1.44. The van der Waals surface area contributed by atoms with Crippen molar-refractivity contribution < 1.29 is 13.9 Å². The van der Waals surface area contributed by atoms with E-state index in [1.807, 2.05) is 30.3 Å². The summed E-state index contributed by atoms with van der Waals surface area (Å²) in [6, 6.07) is 16.1. The number of benzene rings is 2. The lowest BCUT2D eigenvalue weighted by atomic mass is 10.1. The molecule has 1 N–H and O–H groups in total. The van der Waals surface area contributed by atoms with Crippen LogP contribution in [-0.2, 0) is 9.53 Å². The van der Waals surface area contributed by atoms with Gasteiger partial charge in [0.05, 0.1) is 19.3 Å². The van der Waals surface area contributed by atoms with E-state index in [-0.39, 0.29) is 17.8 Å². The van der Waals surface area contributed by atoms with E-state index >= 15 is 0 Å². The van der Waals surface area contributed by atoms with Gasteiger partial charge >= 0.3 is 0 Å². The number of carbonyl (C=O) groups excluding carboxylic acids is 1. The molecule has 1 aliphatic heterocycles. The molecule has 0 aliphatic carbocycles. The molecule has 4 nitrogen and oxygen atoms in total. The molecule has 0 radical (unpaired) electrons. The number of amides is 1. The number of ether oxygens (including phenoxy) is 1. The molecule has 1 unspecified atom stereocenters. The average Bonchev–Trinajstić information content (AvgIpc) is 2.68. The standard InChI is InChI=1S/C21H23FN2O2/c22-19-9-5-4-6-17(19)10-11-21(25)23-20(18-7-2-1-3-8-18)16-24-12-14-26-15-13-24/h1-11,20H,12-16H2,(H,23,25)/b11-10+. The minimum atomic E-state index is -0.343. The van der Waals surface area contributed by atoms with E-state index in [9.17, 15) is 9.18 Å². The fraction of sp³-hybridized carbons (Fsp3) is 0.286. The van der Waals surface area contributed by atoms with Gasteiger partial charge in [-0.05, 0) is 17.7 Å². The quantitative estimate of drug-likeness (QED) is 0.811. The van der Waals surface area contributed by atoms with Crippen LogP contribution in [0.1, 0.15) is 17.2 Å². The van der Waals surface area contributed by atoms with Crippen molar-refractivity contribution >= 4 is 12.0 Å². The summed E-state index contributed by atoms with van der Waals surface area (Å²) < 4.78 is 19.1. The second kappa shape index (κ2) is 9.27. The second-order valence-electron chi connectivity index (χ2n) is 6.24. The maximum atomic E-state index is 13.7. The predicted molar refractivity (Wildman–Crippen MR) is 100 cm³/mol. The zero-order chi connectivity index (χ0) is 18.2. The van der Waals surface area contributed by atoms with Crippen LogP contribution in [0.15, 0.2) is 60.7 Å². The van der Waals surface area contributed by atoms with E-state index in [4.69, 9.17) is 4.74 Å². The molecule has 26 heavy (non-hydrogen) atoms. The first kappa shape index (κ1) is 18.3. The van der Waals surface area contributed by atoms with Gasteiger partial charge in [-0.2, -0.15) is 0 Å². The Labute approximate surface area is 153 Å². The van der Waals surface area contributed by atoms with E-state index in [2.05, 4.69) is 10.2 Å². The Hall–Kier alpha value is -2.50.